The van der Waals surface area contributed by atoms with E-state index in [1.165, 1.54) is 32.4 Å². The summed E-state index contributed by atoms with van der Waals surface area (Å²) in [7, 11) is 0. The molecule has 1 saturated heterocycles. The number of nitrogens with zero attached hydrogens (tertiary/aromatic N) is 1. The Morgan fingerprint density at radius 3 is 2.72 bits per heavy atom. The standard InChI is InChI=1S/C14H27N3O/c1-11(2)17-8-6-12(10-17)9-15-7-5-14(18)16-13-3-4-13/h11-13,15H,3-10H2,1-2H3,(H,16,18). The maximum Gasteiger partial charge on any atom is 0.221 e. The number of carbonyl (C=O) groups is 1. The number of carbonyl (C=O) groups excluding carboxylic acids is 1. The quantitative estimate of drug-likeness (QED) is 0.665. The Morgan fingerprint density at radius 1 is 1.33 bits per heavy atom. The van der Waals surface area contributed by atoms with Crippen molar-refractivity contribution in [2.24, 2.45) is 5.92 Å². The van der Waals surface area contributed by atoms with E-state index in [4.69, 9.17) is 0 Å². The van der Waals surface area contributed by atoms with Crippen LogP contribution in [0.25, 0.3) is 0 Å². The van der Waals surface area contributed by atoms with Crippen LogP contribution in [0.5, 0.6) is 0 Å². The fourth-order valence-corrected chi connectivity index (χ4v) is 2.53. The molecule has 2 aliphatic rings. The van der Waals surface area contributed by atoms with Gasteiger partial charge < -0.3 is 15.5 Å². The van der Waals surface area contributed by atoms with Gasteiger partial charge in [-0.3, -0.25) is 4.79 Å². The zero-order valence-corrected chi connectivity index (χ0v) is 11.7. The lowest BCUT2D eigenvalue weighted by atomic mass is 10.1. The van der Waals surface area contributed by atoms with Gasteiger partial charge in [-0.05, 0) is 52.1 Å². The average Bonchev–Trinajstić information content (AvgIpc) is 2.99. The smallest absolute Gasteiger partial charge is 0.221 e. The third kappa shape index (κ3) is 4.58. The Morgan fingerprint density at radius 2 is 2.11 bits per heavy atom. The van der Waals surface area contributed by atoms with Crippen LogP contribution in [0.3, 0.4) is 0 Å². The molecule has 1 amide bonds. The fourth-order valence-electron chi connectivity index (χ4n) is 2.53. The van der Waals surface area contributed by atoms with Crippen LogP contribution in [0.15, 0.2) is 0 Å². The van der Waals surface area contributed by atoms with E-state index in [9.17, 15) is 4.79 Å². The Bertz CT molecular complexity index is 276. The SMILES string of the molecule is CC(C)N1CCC(CNCCC(=O)NC2CC2)C1. The molecule has 1 saturated carbocycles. The summed E-state index contributed by atoms with van der Waals surface area (Å²) in [6.45, 7) is 8.83. The molecule has 2 N–H and O–H groups in total. The van der Waals surface area contributed by atoms with E-state index in [1.54, 1.807) is 0 Å². The van der Waals surface area contributed by atoms with Crippen LogP contribution in [0, 0.1) is 5.92 Å². The lowest BCUT2D eigenvalue weighted by Crippen LogP contribution is -2.33. The van der Waals surface area contributed by atoms with Crippen molar-refractivity contribution in [3.05, 3.63) is 0 Å². The minimum Gasteiger partial charge on any atom is -0.353 e. The molecule has 4 nitrogen and oxygen atoms in total. The van der Waals surface area contributed by atoms with E-state index < -0.39 is 0 Å². The van der Waals surface area contributed by atoms with Gasteiger partial charge in [-0.1, -0.05) is 0 Å². The second-order valence-corrected chi connectivity index (χ2v) is 6.04. The summed E-state index contributed by atoms with van der Waals surface area (Å²) >= 11 is 0. The summed E-state index contributed by atoms with van der Waals surface area (Å²) in [5, 5.41) is 6.44. The van der Waals surface area contributed by atoms with Gasteiger partial charge in [0.2, 0.25) is 5.91 Å². The van der Waals surface area contributed by atoms with Crippen molar-refractivity contribution in [1.29, 1.82) is 0 Å². The minimum absolute atomic E-state index is 0.209. The number of nitrogens with one attached hydrogen (secondary N) is 2. The summed E-state index contributed by atoms with van der Waals surface area (Å²) in [6, 6.07) is 1.16. The second kappa shape index (κ2) is 6.53. The normalized spacial score (nSPS) is 24.7. The number of hydrogen-bond acceptors (Lipinski definition) is 3. The molecular weight excluding hydrogens is 226 g/mol. The van der Waals surface area contributed by atoms with Crippen molar-refractivity contribution in [1.82, 2.24) is 15.5 Å². The highest BCUT2D eigenvalue weighted by Gasteiger charge is 2.24. The van der Waals surface area contributed by atoms with Crippen molar-refractivity contribution in [2.75, 3.05) is 26.2 Å². The van der Waals surface area contributed by atoms with E-state index in [0.717, 1.165) is 19.0 Å². The molecular formula is C14H27N3O. The second-order valence-electron chi connectivity index (χ2n) is 6.04. The lowest BCUT2D eigenvalue weighted by molar-refractivity contribution is -0.121. The molecule has 104 valence electrons. The average molecular weight is 253 g/mol. The summed E-state index contributed by atoms with van der Waals surface area (Å²) in [4.78, 5) is 14.0. The van der Waals surface area contributed by atoms with E-state index in [1.807, 2.05) is 0 Å². The third-order valence-electron chi connectivity index (χ3n) is 3.95. The molecule has 1 unspecified atom stereocenters. The van der Waals surface area contributed by atoms with Crippen molar-refractivity contribution >= 4 is 5.91 Å². The third-order valence-corrected chi connectivity index (χ3v) is 3.95. The molecule has 2 rings (SSSR count). The molecule has 2 fully saturated rings. The van der Waals surface area contributed by atoms with Crippen LogP contribution in [-0.4, -0.2) is 49.1 Å². The Balaban J connectivity index is 1.49. The van der Waals surface area contributed by atoms with Gasteiger partial charge in [-0.2, -0.15) is 0 Å². The van der Waals surface area contributed by atoms with Gasteiger partial charge in [-0.25, -0.2) is 0 Å². The lowest BCUT2D eigenvalue weighted by Gasteiger charge is -2.20. The first-order chi connectivity index (χ1) is 8.65. The topological polar surface area (TPSA) is 44.4 Å². The van der Waals surface area contributed by atoms with E-state index in [0.29, 0.717) is 18.5 Å². The fraction of sp³-hybridized carbons (Fsp3) is 0.929. The van der Waals surface area contributed by atoms with Crippen molar-refractivity contribution in [3.63, 3.8) is 0 Å². The van der Waals surface area contributed by atoms with Gasteiger partial charge >= 0.3 is 0 Å². The Kier molecular flexibility index (Phi) is 5.01. The van der Waals surface area contributed by atoms with E-state index in [2.05, 4.69) is 29.4 Å². The van der Waals surface area contributed by atoms with Crippen LogP contribution in [-0.2, 0) is 4.79 Å². The zero-order valence-electron chi connectivity index (χ0n) is 11.7. The van der Waals surface area contributed by atoms with Gasteiger partial charge in [0.25, 0.3) is 0 Å². The summed E-state index contributed by atoms with van der Waals surface area (Å²) in [5.41, 5.74) is 0. The molecule has 0 radical (unpaired) electrons. The van der Waals surface area contributed by atoms with Gasteiger partial charge in [0.05, 0.1) is 0 Å². The molecule has 18 heavy (non-hydrogen) atoms. The summed E-state index contributed by atoms with van der Waals surface area (Å²) in [6.07, 6.45) is 4.26. The predicted octanol–water partition coefficient (Wildman–Crippen LogP) is 0.975. The molecule has 1 atom stereocenters. The number of likely N-dealkylation sites (tertiary alicyclic amines) is 1. The van der Waals surface area contributed by atoms with Crippen LogP contribution in [0.1, 0.15) is 39.5 Å². The molecule has 1 heterocycles. The highest BCUT2D eigenvalue weighted by atomic mass is 16.1. The molecule has 0 aromatic rings. The molecule has 0 bridgehead atoms. The first-order valence-electron chi connectivity index (χ1n) is 7.39. The van der Waals surface area contributed by atoms with Crippen LogP contribution < -0.4 is 10.6 Å². The Hall–Kier alpha value is -0.610. The molecule has 0 spiro atoms. The highest BCUT2D eigenvalue weighted by Crippen LogP contribution is 2.19. The van der Waals surface area contributed by atoms with Crippen LogP contribution in [0.4, 0.5) is 0 Å². The maximum absolute atomic E-state index is 11.5. The molecule has 0 aromatic heterocycles. The van der Waals surface area contributed by atoms with Gasteiger partial charge in [0.15, 0.2) is 0 Å². The van der Waals surface area contributed by atoms with Gasteiger partial charge in [-0.15, -0.1) is 0 Å². The molecule has 1 aliphatic carbocycles. The minimum atomic E-state index is 0.209. The van der Waals surface area contributed by atoms with E-state index >= 15 is 0 Å². The first kappa shape index (κ1) is 13.8. The Labute approximate surface area is 110 Å². The summed E-state index contributed by atoms with van der Waals surface area (Å²) in [5.74, 6) is 0.971. The van der Waals surface area contributed by atoms with Crippen molar-refractivity contribution < 1.29 is 4.79 Å². The number of rotatable bonds is 7. The van der Waals surface area contributed by atoms with E-state index in [-0.39, 0.29) is 5.91 Å². The maximum atomic E-state index is 11.5. The van der Waals surface area contributed by atoms with Crippen molar-refractivity contribution in [3.8, 4) is 0 Å². The monoisotopic (exact) mass is 253 g/mol. The highest BCUT2D eigenvalue weighted by molar-refractivity contribution is 5.76. The van der Waals surface area contributed by atoms with Gasteiger partial charge in [0.1, 0.15) is 0 Å². The predicted molar refractivity (Wildman–Crippen MR) is 73.5 cm³/mol. The number of amides is 1. The van der Waals surface area contributed by atoms with Gasteiger partial charge in [0, 0.05) is 31.6 Å². The summed E-state index contributed by atoms with van der Waals surface area (Å²) < 4.78 is 0. The van der Waals surface area contributed by atoms with Crippen LogP contribution >= 0.6 is 0 Å². The number of hydrogen-bond donors (Lipinski definition) is 2. The molecule has 0 aromatic carbocycles. The zero-order chi connectivity index (χ0) is 13.0. The van der Waals surface area contributed by atoms with Crippen molar-refractivity contribution in [2.45, 2.75) is 51.6 Å². The first-order valence-corrected chi connectivity index (χ1v) is 7.39. The van der Waals surface area contributed by atoms with Crippen LogP contribution in [0.2, 0.25) is 0 Å². The molecule has 4 heteroatoms. The largest absolute Gasteiger partial charge is 0.353 e. The molecule has 1 aliphatic heterocycles.